The molecule has 0 saturated heterocycles. The monoisotopic (exact) mass is 172 g/mol. The van der Waals surface area contributed by atoms with Crippen LogP contribution in [0.25, 0.3) is 0 Å². The van der Waals surface area contributed by atoms with E-state index in [1.807, 2.05) is 20.8 Å². The standard InChI is InChI=1S/C10H20O2/c1-6-9(2,3)8(12)10(4,5)7-11/h7-8,12H,6H2,1-5H3. The molecule has 0 aliphatic rings. The highest BCUT2D eigenvalue weighted by atomic mass is 16.3. The largest absolute Gasteiger partial charge is 0.392 e. The Morgan fingerprint density at radius 1 is 1.33 bits per heavy atom. The van der Waals surface area contributed by atoms with Crippen LogP contribution in [0.1, 0.15) is 41.0 Å². The lowest BCUT2D eigenvalue weighted by Gasteiger charge is -2.37. The van der Waals surface area contributed by atoms with Gasteiger partial charge in [-0.05, 0) is 11.8 Å². The van der Waals surface area contributed by atoms with Crippen LogP contribution in [0.2, 0.25) is 0 Å². The molecule has 0 aromatic rings. The first-order valence-electron chi connectivity index (χ1n) is 4.42. The normalized spacial score (nSPS) is 15.8. The van der Waals surface area contributed by atoms with Gasteiger partial charge in [0.25, 0.3) is 0 Å². The van der Waals surface area contributed by atoms with Crippen LogP contribution < -0.4 is 0 Å². The summed E-state index contributed by atoms with van der Waals surface area (Å²) < 4.78 is 0. The number of rotatable bonds is 4. The van der Waals surface area contributed by atoms with Gasteiger partial charge < -0.3 is 9.90 Å². The van der Waals surface area contributed by atoms with E-state index in [9.17, 15) is 9.90 Å². The Balaban J connectivity index is 4.58. The molecule has 0 bridgehead atoms. The van der Waals surface area contributed by atoms with Crippen LogP contribution in [0.5, 0.6) is 0 Å². The maximum absolute atomic E-state index is 10.7. The first-order valence-corrected chi connectivity index (χ1v) is 4.42. The summed E-state index contributed by atoms with van der Waals surface area (Å²) in [4.78, 5) is 10.7. The minimum absolute atomic E-state index is 0.190. The van der Waals surface area contributed by atoms with Gasteiger partial charge >= 0.3 is 0 Å². The van der Waals surface area contributed by atoms with Crippen molar-refractivity contribution in [2.24, 2.45) is 10.8 Å². The molecule has 0 rings (SSSR count). The Morgan fingerprint density at radius 2 is 1.75 bits per heavy atom. The Morgan fingerprint density at radius 3 is 2.00 bits per heavy atom. The van der Waals surface area contributed by atoms with E-state index in [1.54, 1.807) is 13.8 Å². The molecule has 0 fully saturated rings. The zero-order valence-electron chi connectivity index (χ0n) is 8.72. The van der Waals surface area contributed by atoms with E-state index in [1.165, 1.54) is 0 Å². The summed E-state index contributed by atoms with van der Waals surface area (Å²) in [5.74, 6) is 0. The highest BCUT2D eigenvalue weighted by Gasteiger charge is 2.38. The molecule has 0 heterocycles. The van der Waals surface area contributed by atoms with Crippen molar-refractivity contribution < 1.29 is 9.90 Å². The van der Waals surface area contributed by atoms with Crippen molar-refractivity contribution in [3.05, 3.63) is 0 Å². The summed E-state index contributed by atoms with van der Waals surface area (Å²) in [7, 11) is 0. The fourth-order valence-corrected chi connectivity index (χ4v) is 1.26. The van der Waals surface area contributed by atoms with Gasteiger partial charge in [0, 0.05) is 5.41 Å². The van der Waals surface area contributed by atoms with E-state index in [-0.39, 0.29) is 5.41 Å². The molecular weight excluding hydrogens is 152 g/mol. The van der Waals surface area contributed by atoms with Gasteiger partial charge in [-0.25, -0.2) is 0 Å². The third-order valence-electron chi connectivity index (χ3n) is 2.66. The number of aliphatic hydroxyl groups excluding tert-OH is 1. The molecule has 0 aromatic heterocycles. The predicted molar refractivity (Wildman–Crippen MR) is 49.9 cm³/mol. The molecule has 2 heteroatoms. The number of aliphatic hydroxyl groups is 1. The minimum Gasteiger partial charge on any atom is -0.392 e. The Bertz CT molecular complexity index is 159. The smallest absolute Gasteiger partial charge is 0.128 e. The molecule has 0 radical (unpaired) electrons. The van der Waals surface area contributed by atoms with Crippen molar-refractivity contribution >= 4 is 6.29 Å². The van der Waals surface area contributed by atoms with E-state index in [0.717, 1.165) is 12.7 Å². The van der Waals surface area contributed by atoms with Crippen molar-refractivity contribution in [3.8, 4) is 0 Å². The second kappa shape index (κ2) is 3.56. The molecule has 72 valence electrons. The first-order chi connectivity index (χ1) is 5.28. The van der Waals surface area contributed by atoms with Crippen molar-refractivity contribution in [1.82, 2.24) is 0 Å². The van der Waals surface area contributed by atoms with Gasteiger partial charge in [0.05, 0.1) is 6.10 Å². The van der Waals surface area contributed by atoms with Crippen LogP contribution in [0.3, 0.4) is 0 Å². The third kappa shape index (κ3) is 2.31. The average molecular weight is 172 g/mol. The molecule has 0 aromatic carbocycles. The highest BCUT2D eigenvalue weighted by Crippen LogP contribution is 2.34. The molecule has 0 aliphatic heterocycles. The molecule has 1 N–H and O–H groups in total. The number of carbonyl (C=O) groups is 1. The number of hydrogen-bond acceptors (Lipinski definition) is 2. The zero-order chi connectivity index (χ0) is 9.99. The molecule has 0 saturated carbocycles. The fraction of sp³-hybridized carbons (Fsp3) is 0.900. The van der Waals surface area contributed by atoms with Crippen LogP contribution in [-0.4, -0.2) is 17.5 Å². The maximum atomic E-state index is 10.7. The van der Waals surface area contributed by atoms with E-state index >= 15 is 0 Å². The van der Waals surface area contributed by atoms with Gasteiger partial charge in [-0.1, -0.05) is 34.6 Å². The van der Waals surface area contributed by atoms with Crippen LogP contribution in [-0.2, 0) is 4.79 Å². The molecule has 12 heavy (non-hydrogen) atoms. The third-order valence-corrected chi connectivity index (χ3v) is 2.66. The fourth-order valence-electron chi connectivity index (χ4n) is 1.26. The number of aldehydes is 1. The number of carbonyl (C=O) groups excluding carboxylic acids is 1. The van der Waals surface area contributed by atoms with Crippen LogP contribution in [0.15, 0.2) is 0 Å². The van der Waals surface area contributed by atoms with Crippen molar-refractivity contribution in [2.75, 3.05) is 0 Å². The predicted octanol–water partition coefficient (Wildman–Crippen LogP) is 2.01. The van der Waals surface area contributed by atoms with Crippen molar-refractivity contribution in [3.63, 3.8) is 0 Å². The molecule has 0 amide bonds. The van der Waals surface area contributed by atoms with Crippen LogP contribution in [0.4, 0.5) is 0 Å². The Kier molecular flexibility index (Phi) is 3.45. The minimum atomic E-state index is -0.639. The van der Waals surface area contributed by atoms with Gasteiger partial charge in [-0.3, -0.25) is 0 Å². The van der Waals surface area contributed by atoms with E-state index in [2.05, 4.69) is 0 Å². The second-order valence-corrected chi connectivity index (χ2v) is 4.68. The molecule has 0 spiro atoms. The lowest BCUT2D eigenvalue weighted by molar-refractivity contribution is -0.126. The van der Waals surface area contributed by atoms with Gasteiger partial charge in [-0.15, -0.1) is 0 Å². The van der Waals surface area contributed by atoms with E-state index in [4.69, 9.17) is 0 Å². The molecule has 1 atom stereocenters. The number of hydrogen-bond donors (Lipinski definition) is 1. The van der Waals surface area contributed by atoms with Crippen molar-refractivity contribution in [2.45, 2.75) is 47.1 Å². The van der Waals surface area contributed by atoms with E-state index in [0.29, 0.717) is 0 Å². The van der Waals surface area contributed by atoms with Gasteiger partial charge in [0.1, 0.15) is 6.29 Å². The second-order valence-electron chi connectivity index (χ2n) is 4.68. The van der Waals surface area contributed by atoms with Crippen molar-refractivity contribution in [1.29, 1.82) is 0 Å². The summed E-state index contributed by atoms with van der Waals surface area (Å²) in [5, 5.41) is 9.87. The maximum Gasteiger partial charge on any atom is 0.128 e. The van der Waals surface area contributed by atoms with Crippen LogP contribution >= 0.6 is 0 Å². The first kappa shape index (κ1) is 11.6. The lowest BCUT2D eigenvalue weighted by atomic mass is 9.71. The molecule has 0 aliphatic carbocycles. The molecule has 1 unspecified atom stereocenters. The summed E-state index contributed by atoms with van der Waals surface area (Å²) in [5.41, 5.74) is -0.829. The average Bonchev–Trinajstić information content (AvgIpc) is 2.03. The summed E-state index contributed by atoms with van der Waals surface area (Å²) in [6.45, 7) is 9.50. The van der Waals surface area contributed by atoms with E-state index < -0.39 is 11.5 Å². The SMILES string of the molecule is CCC(C)(C)C(O)C(C)(C)C=O. The highest BCUT2D eigenvalue weighted by molar-refractivity contribution is 5.59. The topological polar surface area (TPSA) is 37.3 Å². The summed E-state index contributed by atoms with van der Waals surface area (Å²) >= 11 is 0. The lowest BCUT2D eigenvalue weighted by Crippen LogP contribution is -2.42. The Labute approximate surface area is 75.0 Å². The molecule has 2 nitrogen and oxygen atoms in total. The summed E-state index contributed by atoms with van der Waals surface area (Å²) in [6, 6.07) is 0. The molecular formula is C10H20O2. The zero-order valence-corrected chi connectivity index (χ0v) is 8.72. The van der Waals surface area contributed by atoms with Gasteiger partial charge in [0.2, 0.25) is 0 Å². The van der Waals surface area contributed by atoms with Crippen LogP contribution in [0, 0.1) is 10.8 Å². The van der Waals surface area contributed by atoms with Gasteiger partial charge in [-0.2, -0.15) is 0 Å². The van der Waals surface area contributed by atoms with Gasteiger partial charge in [0.15, 0.2) is 0 Å². The quantitative estimate of drug-likeness (QED) is 0.659. The summed E-state index contributed by atoms with van der Waals surface area (Å²) in [6.07, 6.45) is 1.12. The Hall–Kier alpha value is -0.370.